The van der Waals surface area contributed by atoms with Gasteiger partial charge in [0.15, 0.2) is 37.2 Å². The van der Waals surface area contributed by atoms with Gasteiger partial charge in [0.2, 0.25) is 32.1 Å². The Morgan fingerprint density at radius 3 is 1.33 bits per heavy atom. The Morgan fingerprint density at radius 2 is 0.919 bits per heavy atom. The molecule has 0 aliphatic heterocycles. The molecule has 3 aromatic carbocycles. The van der Waals surface area contributed by atoms with Crippen LogP contribution in [0.25, 0.3) is 72.8 Å². The average molecular weight is 1600 g/mol. The van der Waals surface area contributed by atoms with E-state index in [4.69, 9.17) is 72.4 Å². The van der Waals surface area contributed by atoms with Crippen LogP contribution in [-0.4, -0.2) is 109 Å². The molecule has 0 saturated heterocycles. The number of rotatable bonds is 17. The van der Waals surface area contributed by atoms with Crippen molar-refractivity contribution < 1.29 is 32.3 Å². The molecule has 0 aliphatic carbocycles. The molecule has 10 heterocycles. The van der Waals surface area contributed by atoms with Crippen molar-refractivity contribution >= 4 is 104 Å². The molecule has 13 aromatic rings. The maximum absolute atomic E-state index is 13.6. The standard InChI is InChI=1S/C23H19ClFN7O.C23H17ClFN7.C16H15FN6.C8H21NOSi2.C7H6ClNO2/c1-13-11-15(9-10-27-13)20-21(14-5-7-16(25)8-6-14)29-23(26)30-22(20)32-31-19(33)12-17-3-2-4-18(24)28-17;1-13-11-15(9-10-27-13)20-21(14-5-7-16(25)8-6-14)30-23(26)32-22(20)29-19(31-32)12-17-3-2-4-18(24)28-17;1-9-8-11(6-7-20-9)13-14(10-2-4-12(17)5-3-10)21-16(18)22-15(13)23-19;1-8(9-11(2,3)4)10-12(5,6)7;8-6-3-1-2-5(9-6)4-7(10)11/h2-11H,12H2,1H3,(H,31,33)(H3,26,29,30,32);2-11H,12H2,1H3,(H2,26,30);2-8H,19H2,1H3,(H3,18,21,22,23);1-7H3;1-3H,4H2,(H,10,11). The zero-order chi connectivity index (χ0) is 80.3. The number of aryl methyl sites for hydroxylation is 3. The summed E-state index contributed by atoms with van der Waals surface area (Å²) < 4.78 is 52.1. The number of nitrogen functional groups attached to an aromatic ring is 4. The van der Waals surface area contributed by atoms with E-state index in [1.165, 1.54) is 40.9 Å². The Balaban J connectivity index is 0.000000169. The molecule has 0 aliphatic rings. The Labute approximate surface area is 654 Å². The highest BCUT2D eigenvalue weighted by molar-refractivity contribution is 6.76. The van der Waals surface area contributed by atoms with E-state index in [1.807, 2.05) is 70.2 Å². The van der Waals surface area contributed by atoms with Gasteiger partial charge in [-0.1, -0.05) is 53.0 Å². The minimum atomic E-state index is -1.43. The zero-order valence-electron chi connectivity index (χ0n) is 61.9. The van der Waals surface area contributed by atoms with Crippen LogP contribution in [0.4, 0.5) is 42.7 Å². The summed E-state index contributed by atoms with van der Waals surface area (Å²) >= 11 is 17.4. The van der Waals surface area contributed by atoms with Crippen molar-refractivity contribution in [3.05, 3.63) is 255 Å². The number of carboxylic acids is 1. The van der Waals surface area contributed by atoms with E-state index in [1.54, 1.807) is 104 Å². The van der Waals surface area contributed by atoms with E-state index < -0.39 is 22.5 Å². The number of carboxylic acid groups (broad SMARTS) is 1. The van der Waals surface area contributed by atoms with Gasteiger partial charge in [0.05, 0.1) is 64.4 Å². The minimum absolute atomic E-state index is 0.00262. The fourth-order valence-corrected chi connectivity index (χ4v) is 13.4. The van der Waals surface area contributed by atoms with Crippen molar-refractivity contribution in [2.45, 2.75) is 86.2 Å². The Hall–Kier alpha value is -12.3. The monoisotopic (exact) mass is 1590 g/mol. The van der Waals surface area contributed by atoms with Gasteiger partial charge in [0, 0.05) is 65.0 Å². The van der Waals surface area contributed by atoms with E-state index in [2.05, 4.69) is 120 Å². The molecule has 12 N–H and O–H groups in total. The zero-order valence-corrected chi connectivity index (χ0v) is 66.2. The predicted octanol–water partition coefficient (Wildman–Crippen LogP) is 15.5. The number of amides is 1. The number of aromatic nitrogens is 14. The van der Waals surface area contributed by atoms with Gasteiger partial charge in [-0.2, -0.15) is 14.5 Å². The number of fused-ring (bicyclic) bond motifs is 1. The largest absolute Gasteiger partial charge is 0.535 e. The summed E-state index contributed by atoms with van der Waals surface area (Å²) in [5.41, 5.74) is 38.8. The van der Waals surface area contributed by atoms with Crippen molar-refractivity contribution in [2.75, 3.05) is 28.1 Å². The summed E-state index contributed by atoms with van der Waals surface area (Å²) in [4.78, 5) is 74.1. The van der Waals surface area contributed by atoms with Crippen molar-refractivity contribution in [1.29, 1.82) is 0 Å². The van der Waals surface area contributed by atoms with Gasteiger partial charge in [-0.05, 0) is 222 Å². The van der Waals surface area contributed by atoms with Crippen LogP contribution in [0.15, 0.2) is 187 Å². The fraction of sp³-hybridized carbons (Fsp3) is 0.169. The van der Waals surface area contributed by atoms with Crippen LogP contribution in [0.3, 0.4) is 0 Å². The second-order valence-corrected chi connectivity index (χ2v) is 36.6. The lowest BCUT2D eigenvalue weighted by molar-refractivity contribution is -0.136. The van der Waals surface area contributed by atoms with Crippen LogP contribution in [0.5, 0.6) is 0 Å². The lowest BCUT2D eigenvalue weighted by Gasteiger charge is -2.21. The van der Waals surface area contributed by atoms with Crippen molar-refractivity contribution in [3.8, 4) is 67.2 Å². The molecule has 0 atom stereocenters. The molecule has 0 bridgehead atoms. The number of pyridine rings is 6. The number of benzene rings is 3. The molecule has 0 fully saturated rings. The maximum Gasteiger partial charge on any atom is 0.309 e. The molecule has 0 saturated carbocycles. The highest BCUT2D eigenvalue weighted by Crippen LogP contribution is 2.39. The first-order valence-electron chi connectivity index (χ1n) is 34.0. The molecule has 111 heavy (non-hydrogen) atoms. The molecule has 0 radical (unpaired) electrons. The Morgan fingerprint density at radius 1 is 0.514 bits per heavy atom. The topological polar surface area (TPSA) is 388 Å². The number of hydrazine groups is 2. The molecule has 13 rings (SSSR count). The smallest absolute Gasteiger partial charge is 0.309 e. The third-order valence-electron chi connectivity index (χ3n) is 15.1. The number of nitrogens with one attached hydrogen (secondary N) is 3. The number of halogens is 6. The number of aliphatic carboxylic acids is 1. The van der Waals surface area contributed by atoms with E-state index in [0.717, 1.165) is 50.9 Å². The summed E-state index contributed by atoms with van der Waals surface area (Å²) in [6.45, 7) is 20.8. The second kappa shape index (κ2) is 37.7. The summed E-state index contributed by atoms with van der Waals surface area (Å²) in [5.74, 6) is 5.61. The lowest BCUT2D eigenvalue weighted by atomic mass is 10.00. The molecule has 10 aromatic heterocycles. The van der Waals surface area contributed by atoms with E-state index >= 15 is 0 Å². The number of nitrogens with two attached hydrogens (primary N) is 4. The highest BCUT2D eigenvalue weighted by atomic mass is 35.5. The fourth-order valence-electron chi connectivity index (χ4n) is 10.8. The quantitative estimate of drug-likeness (QED) is 0.0105. The predicted molar refractivity (Wildman–Crippen MR) is 434 cm³/mol. The normalized spacial score (nSPS) is 11.1. The highest BCUT2D eigenvalue weighted by Gasteiger charge is 2.24. The SMILES string of the molecule is CC(=N[Si](C)(C)C)O[Si](C)(C)C.Cc1cc(-c2c(-c3ccc(F)cc3)nc(N)n3nc(Cc4cccc(Cl)n4)nc23)ccn1.Cc1cc(-c2c(NN)nc(N)nc2-c2ccc(F)cc2)ccn1.Cc1cc(-c2c(NNC(=O)Cc3cccc(Cl)n3)nc(N)nc2-c2ccc(F)cc2)ccn1.O=C(O)Cc1cccc(Cl)n1. The van der Waals surface area contributed by atoms with Gasteiger partial charge < -0.3 is 32.2 Å². The van der Waals surface area contributed by atoms with E-state index in [9.17, 15) is 22.8 Å². The van der Waals surface area contributed by atoms with Crippen molar-refractivity contribution in [3.63, 3.8) is 0 Å². The first-order chi connectivity index (χ1) is 52.7. The first-order valence-corrected chi connectivity index (χ1v) is 42.0. The van der Waals surface area contributed by atoms with Gasteiger partial charge in [0.1, 0.15) is 32.9 Å². The minimum Gasteiger partial charge on any atom is -0.535 e. The third-order valence-corrected chi connectivity index (χ3v) is 17.6. The van der Waals surface area contributed by atoms with Gasteiger partial charge in [-0.15, -0.1) is 5.10 Å². The summed E-state index contributed by atoms with van der Waals surface area (Å²) in [6, 6.07) is 44.5. The van der Waals surface area contributed by atoms with Crippen LogP contribution < -0.4 is 39.3 Å². The molecule has 0 unspecified atom stereocenters. The van der Waals surface area contributed by atoms with Crippen LogP contribution in [0.2, 0.25) is 54.7 Å². The number of hydrogen-bond acceptors (Lipinski definition) is 23. The molecule has 34 heteroatoms. The van der Waals surface area contributed by atoms with Gasteiger partial charge in [0.25, 0.3) is 0 Å². The van der Waals surface area contributed by atoms with Gasteiger partial charge >= 0.3 is 5.97 Å². The molecule has 1 amide bonds. The number of nitrogens with zero attached hydrogens (tertiary/aromatic N) is 15. The lowest BCUT2D eigenvalue weighted by Crippen LogP contribution is -2.32. The molecular formula is C77H78Cl3F3N22O4Si2. The maximum atomic E-state index is 13.6. The molecule has 0 spiro atoms. The molecule has 570 valence electrons. The number of carbonyl (C=O) groups is 2. The molecular weight excluding hydrogens is 1520 g/mol. The summed E-state index contributed by atoms with van der Waals surface area (Å²) in [5, 5.41) is 14.0. The van der Waals surface area contributed by atoms with E-state index in [0.29, 0.717) is 95.5 Å². The van der Waals surface area contributed by atoms with Crippen LogP contribution in [-0.2, 0) is 33.3 Å². The summed E-state index contributed by atoms with van der Waals surface area (Å²) in [6.07, 6.45) is 5.36. The number of anilines is 5. The second-order valence-electron chi connectivity index (χ2n) is 26.5. The van der Waals surface area contributed by atoms with Crippen LogP contribution >= 0.6 is 34.8 Å². The Kier molecular flexibility index (Phi) is 28.1. The summed E-state index contributed by atoms with van der Waals surface area (Å²) in [7, 11) is -2.76. The van der Waals surface area contributed by atoms with Crippen molar-refractivity contribution in [2.24, 2.45) is 10.5 Å². The first kappa shape index (κ1) is 82.8. The van der Waals surface area contributed by atoms with Gasteiger partial charge in [-0.25, -0.2) is 53.9 Å². The number of hydrogen-bond donors (Lipinski definition) is 8. The Bertz CT molecular complexity index is 5470. The average Bonchev–Trinajstić information content (AvgIpc) is 1.67. The number of carbonyl (C=O) groups excluding carboxylic acids is 1. The third kappa shape index (κ3) is 24.6. The van der Waals surface area contributed by atoms with Gasteiger partial charge in [-0.3, -0.25) is 40.1 Å². The van der Waals surface area contributed by atoms with Crippen LogP contribution in [0.1, 0.15) is 46.9 Å². The van der Waals surface area contributed by atoms with Crippen LogP contribution in [0, 0.1) is 38.2 Å². The molecule has 26 nitrogen and oxygen atoms in total. The van der Waals surface area contributed by atoms with E-state index in [-0.39, 0.29) is 59.9 Å². The van der Waals surface area contributed by atoms with Crippen molar-refractivity contribution in [1.82, 2.24) is 74.8 Å².